The highest BCUT2D eigenvalue weighted by molar-refractivity contribution is 5.94. The third-order valence-corrected chi connectivity index (χ3v) is 4.31. The number of nitrogens with zero attached hydrogens (tertiary/aromatic N) is 3. The molecule has 0 unspecified atom stereocenters. The molecule has 11 heteroatoms. The van der Waals surface area contributed by atoms with Crippen LogP contribution in [0.3, 0.4) is 0 Å². The van der Waals surface area contributed by atoms with E-state index < -0.39 is 24.3 Å². The van der Waals surface area contributed by atoms with Gasteiger partial charge in [-0.25, -0.2) is 9.67 Å². The molecule has 2 aromatic heterocycles. The number of benzene rings is 2. The number of fused-ring (bicyclic) bond motifs is 1. The summed E-state index contributed by atoms with van der Waals surface area (Å²) in [4.78, 5) is 30.8. The smallest absolute Gasteiger partial charge is 0.416 e. The molecule has 0 spiro atoms. The van der Waals surface area contributed by atoms with Gasteiger partial charge in [0.15, 0.2) is 12.3 Å². The van der Waals surface area contributed by atoms with Crippen LogP contribution in [-0.4, -0.2) is 32.3 Å². The second-order valence-electron chi connectivity index (χ2n) is 6.40. The molecule has 31 heavy (non-hydrogen) atoms. The third-order valence-electron chi connectivity index (χ3n) is 4.31. The number of carbonyl (C=O) groups is 1. The normalized spacial score (nSPS) is 11.5. The maximum atomic E-state index is 12.8. The minimum atomic E-state index is -4.51. The Kier molecular flexibility index (Phi) is 5.15. The fraction of sp³-hybridized carbons (Fsp3) is 0.100. The highest BCUT2D eigenvalue weighted by Crippen LogP contribution is 2.31. The molecule has 158 valence electrons. The van der Waals surface area contributed by atoms with E-state index in [2.05, 4.69) is 20.4 Å². The molecule has 0 atom stereocenters. The van der Waals surface area contributed by atoms with E-state index in [4.69, 9.17) is 4.74 Å². The zero-order chi connectivity index (χ0) is 22.0. The number of halogens is 3. The number of alkyl halides is 3. The van der Waals surface area contributed by atoms with E-state index in [9.17, 15) is 22.8 Å². The molecule has 0 radical (unpaired) electrons. The molecule has 0 saturated carbocycles. The molecular weight excluding hydrogens is 415 g/mol. The van der Waals surface area contributed by atoms with Crippen molar-refractivity contribution in [3.63, 3.8) is 0 Å². The average Bonchev–Trinajstić information content (AvgIpc) is 3.18. The van der Waals surface area contributed by atoms with Crippen LogP contribution in [-0.2, 0) is 11.0 Å². The van der Waals surface area contributed by atoms with Crippen LogP contribution in [0.2, 0.25) is 0 Å². The molecule has 2 N–H and O–H groups in total. The van der Waals surface area contributed by atoms with Crippen LogP contribution in [0.25, 0.3) is 16.7 Å². The van der Waals surface area contributed by atoms with Crippen LogP contribution in [0.4, 0.5) is 18.9 Å². The fourth-order valence-corrected chi connectivity index (χ4v) is 2.89. The summed E-state index contributed by atoms with van der Waals surface area (Å²) in [6.07, 6.45) is -1.91. The number of nitrogens with one attached hydrogen (secondary N) is 2. The van der Waals surface area contributed by atoms with Crippen LogP contribution in [0.1, 0.15) is 5.56 Å². The largest absolute Gasteiger partial charge is 0.484 e. The molecule has 0 aliphatic carbocycles. The minimum Gasteiger partial charge on any atom is -0.484 e. The lowest BCUT2D eigenvalue weighted by atomic mass is 10.2. The number of amides is 1. The van der Waals surface area contributed by atoms with Crippen molar-refractivity contribution in [3.8, 4) is 11.4 Å². The van der Waals surface area contributed by atoms with E-state index in [-0.39, 0.29) is 16.7 Å². The van der Waals surface area contributed by atoms with Gasteiger partial charge in [0.25, 0.3) is 11.5 Å². The van der Waals surface area contributed by atoms with E-state index in [0.717, 1.165) is 12.1 Å². The van der Waals surface area contributed by atoms with Crippen LogP contribution in [0, 0.1) is 0 Å². The number of rotatable bonds is 5. The number of para-hydroxylation sites is 2. The van der Waals surface area contributed by atoms with Gasteiger partial charge < -0.3 is 15.0 Å². The van der Waals surface area contributed by atoms with Gasteiger partial charge in [-0.05, 0) is 30.3 Å². The lowest BCUT2D eigenvalue weighted by Gasteiger charge is -2.13. The summed E-state index contributed by atoms with van der Waals surface area (Å²) in [6, 6.07) is 10.9. The van der Waals surface area contributed by atoms with Crippen molar-refractivity contribution in [1.29, 1.82) is 0 Å². The molecule has 8 nitrogen and oxygen atoms in total. The first-order chi connectivity index (χ1) is 14.8. The molecule has 4 aromatic rings. The highest BCUT2D eigenvalue weighted by atomic mass is 19.4. The van der Waals surface area contributed by atoms with Gasteiger partial charge in [0.05, 0.1) is 29.5 Å². The third kappa shape index (κ3) is 4.25. The van der Waals surface area contributed by atoms with Crippen molar-refractivity contribution < 1.29 is 22.7 Å². The van der Waals surface area contributed by atoms with Gasteiger partial charge >= 0.3 is 6.18 Å². The predicted molar refractivity (Wildman–Crippen MR) is 105 cm³/mol. The number of H-pyrrole nitrogens is 1. The Morgan fingerprint density at radius 2 is 1.97 bits per heavy atom. The summed E-state index contributed by atoms with van der Waals surface area (Å²) in [7, 11) is 0. The molecule has 2 aromatic carbocycles. The lowest BCUT2D eigenvalue weighted by Crippen LogP contribution is -2.21. The number of aromatic amines is 1. The van der Waals surface area contributed by atoms with E-state index in [0.29, 0.717) is 17.0 Å². The molecule has 1 amide bonds. The Labute approximate surface area is 172 Å². The van der Waals surface area contributed by atoms with Crippen LogP contribution >= 0.6 is 0 Å². The van der Waals surface area contributed by atoms with Crippen LogP contribution < -0.4 is 15.6 Å². The first-order valence-electron chi connectivity index (χ1n) is 8.93. The van der Waals surface area contributed by atoms with Gasteiger partial charge in [-0.3, -0.25) is 9.59 Å². The van der Waals surface area contributed by atoms with Crippen LogP contribution in [0.15, 0.2) is 65.8 Å². The average molecular weight is 429 g/mol. The molecule has 0 saturated heterocycles. The fourth-order valence-electron chi connectivity index (χ4n) is 2.89. The molecule has 0 bridgehead atoms. The zero-order valence-corrected chi connectivity index (χ0v) is 15.7. The van der Waals surface area contributed by atoms with Crippen molar-refractivity contribution in [3.05, 3.63) is 77.0 Å². The Bertz CT molecular complexity index is 1310. The van der Waals surface area contributed by atoms with E-state index in [1.165, 1.54) is 29.3 Å². The van der Waals surface area contributed by atoms with E-state index >= 15 is 0 Å². The number of carbonyl (C=O) groups excluding carboxylic acids is 1. The maximum absolute atomic E-state index is 12.8. The summed E-state index contributed by atoms with van der Waals surface area (Å²) in [5.41, 5.74) is -0.128. The Hall–Kier alpha value is -4.15. The number of hydrogen-bond donors (Lipinski definition) is 2. The van der Waals surface area contributed by atoms with Gasteiger partial charge in [0.1, 0.15) is 11.1 Å². The summed E-state index contributed by atoms with van der Waals surface area (Å²) < 4.78 is 45.0. The van der Waals surface area contributed by atoms with Crippen molar-refractivity contribution >= 4 is 22.6 Å². The Morgan fingerprint density at radius 3 is 2.77 bits per heavy atom. The summed E-state index contributed by atoms with van der Waals surface area (Å²) in [5, 5.41) is 7.07. The van der Waals surface area contributed by atoms with Gasteiger partial charge in [-0.1, -0.05) is 18.2 Å². The number of aromatic nitrogens is 4. The Balaban J connectivity index is 1.52. The quantitative estimate of drug-likeness (QED) is 0.508. The summed E-state index contributed by atoms with van der Waals surface area (Å²) >= 11 is 0. The van der Waals surface area contributed by atoms with Gasteiger partial charge in [0, 0.05) is 0 Å². The topological polar surface area (TPSA) is 102 Å². The molecule has 0 aliphatic rings. The van der Waals surface area contributed by atoms with Crippen molar-refractivity contribution in [2.75, 3.05) is 11.9 Å². The van der Waals surface area contributed by atoms with Crippen molar-refractivity contribution in [2.24, 2.45) is 0 Å². The van der Waals surface area contributed by atoms with Gasteiger partial charge in [0.2, 0.25) is 0 Å². The Morgan fingerprint density at radius 1 is 1.16 bits per heavy atom. The van der Waals surface area contributed by atoms with Gasteiger partial charge in [-0.2, -0.15) is 18.3 Å². The van der Waals surface area contributed by atoms with Crippen molar-refractivity contribution in [1.82, 2.24) is 19.7 Å². The first kappa shape index (κ1) is 20.1. The number of ether oxygens (including phenoxy) is 1. The maximum Gasteiger partial charge on any atom is 0.416 e. The molecule has 2 heterocycles. The zero-order valence-electron chi connectivity index (χ0n) is 15.7. The molecule has 0 aliphatic heterocycles. The predicted octanol–water partition coefficient (Wildman–Crippen LogP) is 3.15. The SMILES string of the molecule is O=C(COc1cccc(C(F)(F)F)c1)Nc1ccccc1-n1ncc2c(=O)[nH]cnc21. The second kappa shape index (κ2) is 7.94. The standard InChI is InChI=1S/C20H14F3N5O3/c21-20(22,23)12-4-3-5-13(8-12)31-10-17(29)27-15-6-1-2-7-16(15)28-18-14(9-26-28)19(30)25-11-24-18/h1-9,11H,10H2,(H,27,29)(H,24,25,30). The monoisotopic (exact) mass is 429 g/mol. The van der Waals surface area contributed by atoms with E-state index in [1.54, 1.807) is 24.3 Å². The van der Waals surface area contributed by atoms with Crippen molar-refractivity contribution in [2.45, 2.75) is 6.18 Å². The molecule has 0 fully saturated rings. The van der Waals surface area contributed by atoms with Gasteiger partial charge in [-0.15, -0.1) is 0 Å². The summed E-state index contributed by atoms with van der Waals surface area (Å²) in [5.74, 6) is -0.674. The number of hydrogen-bond acceptors (Lipinski definition) is 5. The van der Waals surface area contributed by atoms with Crippen LogP contribution in [0.5, 0.6) is 5.75 Å². The molecule has 4 rings (SSSR count). The second-order valence-corrected chi connectivity index (χ2v) is 6.40. The first-order valence-corrected chi connectivity index (χ1v) is 8.93. The highest BCUT2D eigenvalue weighted by Gasteiger charge is 2.30. The molecular formula is C20H14F3N5O3. The summed E-state index contributed by atoms with van der Waals surface area (Å²) in [6.45, 7) is -0.507. The van der Waals surface area contributed by atoms with E-state index in [1.807, 2.05) is 0 Å². The lowest BCUT2D eigenvalue weighted by molar-refractivity contribution is -0.137. The minimum absolute atomic E-state index is 0.0836. The number of anilines is 1.